The van der Waals surface area contributed by atoms with Crippen molar-refractivity contribution in [3.05, 3.63) is 18.1 Å². The molecule has 0 aromatic carbocycles. The topological polar surface area (TPSA) is 85.1 Å². The molecule has 6 nitrogen and oxygen atoms in total. The summed E-state index contributed by atoms with van der Waals surface area (Å²) in [6.45, 7) is 1.54. The Labute approximate surface area is 125 Å². The number of nitrogens with one attached hydrogen (secondary N) is 1. The fourth-order valence-electron chi connectivity index (χ4n) is 3.09. The lowest BCUT2D eigenvalue weighted by Gasteiger charge is -2.45. The van der Waals surface area contributed by atoms with Crippen molar-refractivity contribution in [2.24, 2.45) is 0 Å². The molecule has 0 atom stereocenters. The first-order valence-corrected chi connectivity index (χ1v) is 7.49. The number of aliphatic hydroxyl groups is 1. The molecule has 6 heteroatoms. The molecule has 0 radical (unpaired) electrons. The summed E-state index contributed by atoms with van der Waals surface area (Å²) in [5, 5.41) is 21.6. The number of aliphatic hydroxyl groups excluding tert-OH is 1. The third kappa shape index (κ3) is 3.69. The zero-order valence-electron chi connectivity index (χ0n) is 12.5. The van der Waals surface area contributed by atoms with Crippen molar-refractivity contribution < 1.29 is 5.11 Å². The average molecular weight is 289 g/mol. The van der Waals surface area contributed by atoms with Crippen LogP contribution in [0.3, 0.4) is 0 Å². The molecule has 0 unspecified atom stereocenters. The van der Waals surface area contributed by atoms with E-state index >= 15 is 0 Å². The van der Waals surface area contributed by atoms with E-state index in [9.17, 15) is 5.11 Å². The zero-order chi connectivity index (χ0) is 15.1. The van der Waals surface area contributed by atoms with Gasteiger partial charge >= 0.3 is 0 Å². The fraction of sp³-hybridized carbons (Fsp3) is 0.667. The summed E-state index contributed by atoms with van der Waals surface area (Å²) < 4.78 is 0. The number of hydrogen-bond donors (Lipinski definition) is 2. The van der Waals surface area contributed by atoms with E-state index in [1.807, 2.05) is 0 Å². The maximum Gasteiger partial charge on any atom is 0.182 e. The second-order valence-corrected chi connectivity index (χ2v) is 5.65. The molecule has 1 aromatic heterocycles. The highest BCUT2D eigenvalue weighted by molar-refractivity contribution is 5.47. The monoisotopic (exact) mass is 289 g/mol. The Morgan fingerprint density at radius 3 is 2.71 bits per heavy atom. The summed E-state index contributed by atoms with van der Waals surface area (Å²) >= 11 is 0. The molecule has 2 rings (SSSR count). The van der Waals surface area contributed by atoms with Gasteiger partial charge in [-0.05, 0) is 19.9 Å². The number of nitriles is 1. The molecule has 1 aliphatic rings. The molecule has 21 heavy (non-hydrogen) atoms. The first-order chi connectivity index (χ1) is 10.2. The number of rotatable bonds is 6. The van der Waals surface area contributed by atoms with Gasteiger partial charge in [0.15, 0.2) is 11.5 Å². The Hall–Kier alpha value is -1.71. The van der Waals surface area contributed by atoms with Crippen LogP contribution in [0.4, 0.5) is 5.82 Å². The summed E-state index contributed by atoms with van der Waals surface area (Å²) in [5.74, 6) is 0.544. The second kappa shape index (κ2) is 7.34. The average Bonchev–Trinajstić information content (AvgIpc) is 2.54. The van der Waals surface area contributed by atoms with Crippen LogP contribution in [0.25, 0.3) is 0 Å². The van der Waals surface area contributed by atoms with E-state index in [-0.39, 0.29) is 12.1 Å². The lowest BCUT2D eigenvalue weighted by Crippen LogP contribution is -2.53. The van der Waals surface area contributed by atoms with Gasteiger partial charge in [0.1, 0.15) is 6.07 Å². The van der Waals surface area contributed by atoms with Gasteiger partial charge in [-0.2, -0.15) is 5.26 Å². The summed E-state index contributed by atoms with van der Waals surface area (Å²) in [6.07, 6.45) is 8.97. The number of nitrogens with zero attached hydrogens (tertiary/aromatic N) is 4. The van der Waals surface area contributed by atoms with Gasteiger partial charge in [0, 0.05) is 31.0 Å². The third-order valence-corrected chi connectivity index (χ3v) is 4.42. The van der Waals surface area contributed by atoms with Crippen molar-refractivity contribution >= 4 is 5.82 Å². The number of hydrogen-bond acceptors (Lipinski definition) is 6. The normalized spacial score (nSPS) is 17.4. The third-order valence-electron chi connectivity index (χ3n) is 4.42. The number of anilines is 1. The zero-order valence-corrected chi connectivity index (χ0v) is 12.5. The van der Waals surface area contributed by atoms with Gasteiger partial charge in [0.25, 0.3) is 0 Å². The van der Waals surface area contributed by atoms with Gasteiger partial charge in [0.2, 0.25) is 0 Å². The SMILES string of the molecule is CN(CCO)C1(CNc2nccnc2C#N)CCCCC1. The molecule has 1 aromatic rings. The van der Waals surface area contributed by atoms with Crippen molar-refractivity contribution in [2.75, 3.05) is 32.1 Å². The van der Waals surface area contributed by atoms with Crippen LogP contribution >= 0.6 is 0 Å². The summed E-state index contributed by atoms with van der Waals surface area (Å²) in [6, 6.07) is 2.06. The lowest BCUT2D eigenvalue weighted by atomic mass is 9.80. The van der Waals surface area contributed by atoms with Crippen LogP contribution in [0.5, 0.6) is 0 Å². The quantitative estimate of drug-likeness (QED) is 0.823. The highest BCUT2D eigenvalue weighted by Gasteiger charge is 2.35. The van der Waals surface area contributed by atoms with E-state index in [0.29, 0.717) is 18.1 Å². The minimum absolute atomic E-state index is 0.0191. The van der Waals surface area contributed by atoms with Crippen molar-refractivity contribution in [3.63, 3.8) is 0 Å². The lowest BCUT2D eigenvalue weighted by molar-refractivity contribution is 0.0690. The number of β-amino-alcohol motifs (C(OH)–C–C–N with tert-alkyl or cyclic N) is 1. The predicted molar refractivity (Wildman–Crippen MR) is 80.8 cm³/mol. The molecule has 0 spiro atoms. The van der Waals surface area contributed by atoms with Crippen LogP contribution in [-0.4, -0.2) is 52.3 Å². The van der Waals surface area contributed by atoms with E-state index in [1.165, 1.54) is 25.5 Å². The van der Waals surface area contributed by atoms with E-state index in [0.717, 1.165) is 19.4 Å². The van der Waals surface area contributed by atoms with Crippen molar-refractivity contribution in [1.29, 1.82) is 5.26 Å². The second-order valence-electron chi connectivity index (χ2n) is 5.65. The van der Waals surface area contributed by atoms with Gasteiger partial charge in [0.05, 0.1) is 6.61 Å². The van der Waals surface area contributed by atoms with E-state index in [2.05, 4.69) is 33.3 Å². The van der Waals surface area contributed by atoms with Crippen LogP contribution < -0.4 is 5.32 Å². The Morgan fingerprint density at radius 1 is 1.33 bits per heavy atom. The Kier molecular flexibility index (Phi) is 5.48. The molecule has 0 bridgehead atoms. The van der Waals surface area contributed by atoms with Gasteiger partial charge in [-0.25, -0.2) is 9.97 Å². The summed E-state index contributed by atoms with van der Waals surface area (Å²) in [4.78, 5) is 10.5. The molecule has 114 valence electrons. The van der Waals surface area contributed by atoms with Gasteiger partial charge in [-0.15, -0.1) is 0 Å². The minimum atomic E-state index is 0.0191. The van der Waals surface area contributed by atoms with E-state index in [4.69, 9.17) is 5.26 Å². The van der Waals surface area contributed by atoms with Crippen LogP contribution in [0.2, 0.25) is 0 Å². The van der Waals surface area contributed by atoms with E-state index in [1.54, 1.807) is 6.20 Å². The Balaban J connectivity index is 2.10. The van der Waals surface area contributed by atoms with Crippen LogP contribution in [0.1, 0.15) is 37.8 Å². The Morgan fingerprint density at radius 2 is 2.05 bits per heavy atom. The first-order valence-electron chi connectivity index (χ1n) is 7.49. The molecular formula is C15H23N5O. The minimum Gasteiger partial charge on any atom is -0.395 e. The van der Waals surface area contributed by atoms with Crippen LogP contribution in [0, 0.1) is 11.3 Å². The highest BCUT2D eigenvalue weighted by atomic mass is 16.3. The van der Waals surface area contributed by atoms with Crippen molar-refractivity contribution in [2.45, 2.75) is 37.6 Å². The molecular weight excluding hydrogens is 266 g/mol. The maximum absolute atomic E-state index is 9.22. The van der Waals surface area contributed by atoms with Gasteiger partial charge in [-0.1, -0.05) is 19.3 Å². The summed E-state index contributed by atoms with van der Waals surface area (Å²) in [7, 11) is 2.06. The number of aromatic nitrogens is 2. The highest BCUT2D eigenvalue weighted by Crippen LogP contribution is 2.33. The van der Waals surface area contributed by atoms with E-state index < -0.39 is 0 Å². The molecule has 0 aliphatic heterocycles. The fourth-order valence-corrected chi connectivity index (χ4v) is 3.09. The predicted octanol–water partition coefficient (Wildman–Crippen LogP) is 1.39. The molecule has 1 saturated carbocycles. The molecule has 2 N–H and O–H groups in total. The largest absolute Gasteiger partial charge is 0.395 e. The van der Waals surface area contributed by atoms with Crippen LogP contribution in [-0.2, 0) is 0 Å². The molecule has 0 saturated heterocycles. The first kappa shape index (κ1) is 15.7. The molecule has 1 fully saturated rings. The van der Waals surface area contributed by atoms with Crippen molar-refractivity contribution in [3.8, 4) is 6.07 Å². The number of likely N-dealkylation sites (N-methyl/N-ethyl adjacent to an activating group) is 1. The molecule has 1 heterocycles. The standard InChI is InChI=1S/C15H23N5O/c1-20(9-10-21)15(5-3-2-4-6-15)12-19-14-13(11-16)17-7-8-18-14/h7-8,21H,2-6,9-10,12H2,1H3,(H,18,19). The van der Waals surface area contributed by atoms with Crippen molar-refractivity contribution in [1.82, 2.24) is 14.9 Å². The molecule has 1 aliphatic carbocycles. The smallest absolute Gasteiger partial charge is 0.182 e. The Bertz CT molecular complexity index is 493. The van der Waals surface area contributed by atoms with Gasteiger partial charge in [-0.3, -0.25) is 4.90 Å². The van der Waals surface area contributed by atoms with Gasteiger partial charge < -0.3 is 10.4 Å². The van der Waals surface area contributed by atoms with Crippen LogP contribution in [0.15, 0.2) is 12.4 Å². The maximum atomic E-state index is 9.22. The molecule has 0 amide bonds. The summed E-state index contributed by atoms with van der Waals surface area (Å²) in [5.41, 5.74) is 0.346.